The summed E-state index contributed by atoms with van der Waals surface area (Å²) in [6.45, 7) is 3.97. The van der Waals surface area contributed by atoms with Gasteiger partial charge in [0.2, 0.25) is 5.91 Å². The fourth-order valence-electron chi connectivity index (χ4n) is 3.74. The van der Waals surface area contributed by atoms with E-state index in [4.69, 9.17) is 4.42 Å². The number of aromatic nitrogens is 3. The van der Waals surface area contributed by atoms with Gasteiger partial charge in [0.1, 0.15) is 0 Å². The molecular formula is C21H23N5O3S2. The summed E-state index contributed by atoms with van der Waals surface area (Å²) in [4.78, 5) is 30.2. The molecule has 1 aliphatic carbocycles. The Balaban J connectivity index is 1.22. The monoisotopic (exact) mass is 457 g/mol. The summed E-state index contributed by atoms with van der Waals surface area (Å²) >= 11 is 3.12. The van der Waals surface area contributed by atoms with Crippen LogP contribution in [0.2, 0.25) is 0 Å². The van der Waals surface area contributed by atoms with Crippen LogP contribution in [0, 0.1) is 0 Å². The number of amides is 2. The number of thioether (sulfide) groups is 1. The molecule has 0 bridgehead atoms. The van der Waals surface area contributed by atoms with Crippen molar-refractivity contribution in [2.45, 2.75) is 36.2 Å². The Hall–Kier alpha value is -2.59. The summed E-state index contributed by atoms with van der Waals surface area (Å²) < 4.78 is 7.40. The molecule has 0 radical (unpaired) electrons. The molecule has 162 valence electrons. The molecule has 0 aromatic carbocycles. The lowest BCUT2D eigenvalue weighted by Crippen LogP contribution is -2.52. The lowest BCUT2D eigenvalue weighted by Gasteiger charge is -2.35. The summed E-state index contributed by atoms with van der Waals surface area (Å²) in [5.41, 5.74) is 0. The third-order valence-electron chi connectivity index (χ3n) is 5.56. The molecular weight excluding hydrogens is 434 g/mol. The first kappa shape index (κ1) is 20.3. The number of carbonyl (C=O) groups is 2. The van der Waals surface area contributed by atoms with Gasteiger partial charge in [-0.3, -0.25) is 14.2 Å². The van der Waals surface area contributed by atoms with Crippen LogP contribution in [0.4, 0.5) is 0 Å². The van der Waals surface area contributed by atoms with E-state index in [-0.39, 0.29) is 17.1 Å². The van der Waals surface area contributed by atoms with Crippen LogP contribution in [0.15, 0.2) is 45.5 Å². The van der Waals surface area contributed by atoms with E-state index in [1.807, 2.05) is 23.3 Å². The zero-order chi connectivity index (χ0) is 21.4. The van der Waals surface area contributed by atoms with Crippen LogP contribution in [-0.2, 0) is 4.79 Å². The van der Waals surface area contributed by atoms with E-state index in [9.17, 15) is 9.59 Å². The van der Waals surface area contributed by atoms with E-state index >= 15 is 0 Å². The fraction of sp³-hybridized carbons (Fsp3) is 0.429. The normalized spacial score (nSPS) is 17.7. The van der Waals surface area contributed by atoms with Crippen molar-refractivity contribution in [2.24, 2.45) is 0 Å². The predicted molar refractivity (Wildman–Crippen MR) is 118 cm³/mol. The average molecular weight is 458 g/mol. The lowest BCUT2D eigenvalue weighted by molar-refractivity contribution is -0.131. The SMILES string of the molecule is C[C@H](Sc1nnc(-c2cccs2)n1C1CC1)C(=O)N1CCN(C(=O)c2ccco2)CC1. The molecule has 1 atom stereocenters. The van der Waals surface area contributed by atoms with E-state index in [1.165, 1.54) is 18.0 Å². The van der Waals surface area contributed by atoms with Crippen LogP contribution in [0.25, 0.3) is 10.7 Å². The highest BCUT2D eigenvalue weighted by Gasteiger charge is 2.33. The van der Waals surface area contributed by atoms with Crippen LogP contribution in [0.5, 0.6) is 0 Å². The highest BCUT2D eigenvalue weighted by Crippen LogP contribution is 2.42. The van der Waals surface area contributed by atoms with E-state index in [0.29, 0.717) is 38.0 Å². The molecule has 1 aliphatic heterocycles. The van der Waals surface area contributed by atoms with Crippen molar-refractivity contribution in [3.63, 3.8) is 0 Å². The molecule has 8 nitrogen and oxygen atoms in total. The number of thiophene rings is 1. The van der Waals surface area contributed by atoms with Crippen LogP contribution < -0.4 is 0 Å². The van der Waals surface area contributed by atoms with Crippen molar-refractivity contribution >= 4 is 34.9 Å². The molecule has 0 spiro atoms. The molecule has 31 heavy (non-hydrogen) atoms. The Bertz CT molecular complexity index is 1050. The topological polar surface area (TPSA) is 84.5 Å². The zero-order valence-electron chi connectivity index (χ0n) is 17.1. The Morgan fingerprint density at radius 1 is 1.13 bits per heavy atom. The largest absolute Gasteiger partial charge is 0.459 e. The minimum absolute atomic E-state index is 0.0677. The van der Waals surface area contributed by atoms with Gasteiger partial charge >= 0.3 is 0 Å². The summed E-state index contributed by atoms with van der Waals surface area (Å²) in [5.74, 6) is 1.17. The maximum atomic E-state index is 13.1. The predicted octanol–water partition coefficient (Wildman–Crippen LogP) is 3.40. The number of furan rings is 1. The van der Waals surface area contributed by atoms with Gasteiger partial charge in [-0.15, -0.1) is 21.5 Å². The highest BCUT2D eigenvalue weighted by atomic mass is 32.2. The molecule has 3 aromatic heterocycles. The van der Waals surface area contributed by atoms with Crippen molar-refractivity contribution in [2.75, 3.05) is 26.2 Å². The molecule has 2 amide bonds. The number of nitrogens with zero attached hydrogens (tertiary/aromatic N) is 5. The van der Waals surface area contributed by atoms with Gasteiger partial charge < -0.3 is 14.2 Å². The maximum absolute atomic E-state index is 13.1. The van der Waals surface area contributed by atoms with Crippen molar-refractivity contribution in [1.29, 1.82) is 0 Å². The third kappa shape index (κ3) is 4.14. The second kappa shape index (κ2) is 8.51. The summed E-state index contributed by atoms with van der Waals surface area (Å²) in [6.07, 6.45) is 3.74. The average Bonchev–Trinajstić information content (AvgIpc) is 3.22. The van der Waals surface area contributed by atoms with Gasteiger partial charge in [-0.25, -0.2) is 0 Å². The summed E-state index contributed by atoms with van der Waals surface area (Å²) in [6, 6.07) is 7.87. The van der Waals surface area contributed by atoms with Crippen LogP contribution in [0.3, 0.4) is 0 Å². The van der Waals surface area contributed by atoms with Gasteiger partial charge in [-0.1, -0.05) is 17.8 Å². The van der Waals surface area contributed by atoms with E-state index in [2.05, 4.69) is 20.8 Å². The van der Waals surface area contributed by atoms with Crippen LogP contribution >= 0.6 is 23.1 Å². The van der Waals surface area contributed by atoms with Gasteiger partial charge in [-0.05, 0) is 43.3 Å². The van der Waals surface area contributed by atoms with Gasteiger partial charge in [0, 0.05) is 32.2 Å². The first-order chi connectivity index (χ1) is 15.1. The number of hydrogen-bond donors (Lipinski definition) is 0. The Labute approximate surface area is 188 Å². The smallest absolute Gasteiger partial charge is 0.289 e. The van der Waals surface area contributed by atoms with Gasteiger partial charge in [0.05, 0.1) is 16.4 Å². The van der Waals surface area contributed by atoms with Crippen molar-refractivity contribution in [1.82, 2.24) is 24.6 Å². The Kier molecular flexibility index (Phi) is 5.58. The third-order valence-corrected chi connectivity index (χ3v) is 7.47. The quantitative estimate of drug-likeness (QED) is 0.528. The van der Waals surface area contributed by atoms with Gasteiger partial charge in [-0.2, -0.15) is 0 Å². The molecule has 3 aromatic rings. The second-order valence-corrected chi connectivity index (χ2v) is 10.00. The number of carbonyl (C=O) groups excluding carboxylic acids is 2. The molecule has 5 rings (SSSR count). The van der Waals surface area contributed by atoms with E-state index in [0.717, 1.165) is 28.7 Å². The lowest BCUT2D eigenvalue weighted by atomic mass is 10.2. The van der Waals surface area contributed by atoms with Crippen molar-refractivity contribution in [3.05, 3.63) is 41.7 Å². The molecule has 1 saturated heterocycles. The van der Waals surface area contributed by atoms with Crippen molar-refractivity contribution in [3.8, 4) is 10.7 Å². The molecule has 0 unspecified atom stereocenters. The standard InChI is InChI=1S/C21H23N5O3S2/c1-14(19(27)24-8-10-25(11-9-24)20(28)16-4-2-12-29-16)31-21-23-22-18(17-5-3-13-30-17)26(21)15-6-7-15/h2-5,12-15H,6-11H2,1H3/t14-/m0/s1. The maximum Gasteiger partial charge on any atom is 0.289 e. The molecule has 1 saturated carbocycles. The molecule has 0 N–H and O–H groups in total. The number of rotatable bonds is 6. The summed E-state index contributed by atoms with van der Waals surface area (Å²) in [7, 11) is 0. The fourth-order valence-corrected chi connectivity index (χ4v) is 5.45. The number of piperazine rings is 1. The molecule has 4 heterocycles. The molecule has 2 fully saturated rings. The zero-order valence-corrected chi connectivity index (χ0v) is 18.8. The Morgan fingerprint density at radius 3 is 2.55 bits per heavy atom. The van der Waals surface area contributed by atoms with Crippen molar-refractivity contribution < 1.29 is 14.0 Å². The second-order valence-electron chi connectivity index (χ2n) is 7.74. The first-order valence-electron chi connectivity index (χ1n) is 10.4. The highest BCUT2D eigenvalue weighted by molar-refractivity contribution is 8.00. The van der Waals surface area contributed by atoms with E-state index in [1.54, 1.807) is 28.4 Å². The first-order valence-corrected chi connectivity index (χ1v) is 12.1. The van der Waals surface area contributed by atoms with E-state index < -0.39 is 0 Å². The van der Waals surface area contributed by atoms with Gasteiger partial charge in [0.15, 0.2) is 16.7 Å². The van der Waals surface area contributed by atoms with Crippen LogP contribution in [-0.4, -0.2) is 67.8 Å². The minimum atomic E-state index is -0.273. The Morgan fingerprint density at radius 2 is 1.90 bits per heavy atom. The minimum Gasteiger partial charge on any atom is -0.459 e. The van der Waals surface area contributed by atoms with Gasteiger partial charge in [0.25, 0.3) is 5.91 Å². The molecule has 2 aliphatic rings. The molecule has 10 heteroatoms. The van der Waals surface area contributed by atoms with Crippen LogP contribution in [0.1, 0.15) is 36.4 Å². The summed E-state index contributed by atoms with van der Waals surface area (Å²) in [5, 5.41) is 11.4. The number of hydrogen-bond acceptors (Lipinski definition) is 7.